The lowest BCUT2D eigenvalue weighted by molar-refractivity contribution is 0.102. The Morgan fingerprint density at radius 1 is 1.32 bits per heavy atom. The average Bonchev–Trinajstić information content (AvgIpc) is 2.67. The first-order valence-corrected chi connectivity index (χ1v) is 6.79. The van der Waals surface area contributed by atoms with Gasteiger partial charge in [-0.25, -0.2) is 9.97 Å². The molecule has 2 rings (SSSR count). The minimum Gasteiger partial charge on any atom is -0.373 e. The zero-order valence-electron chi connectivity index (χ0n) is 10.7. The van der Waals surface area contributed by atoms with Crippen LogP contribution in [0.5, 0.6) is 0 Å². The highest BCUT2D eigenvalue weighted by molar-refractivity contribution is 7.15. The number of pyridine rings is 1. The molecule has 100 valence electrons. The summed E-state index contributed by atoms with van der Waals surface area (Å²) in [5.74, 6) is 0.290. The van der Waals surface area contributed by atoms with Crippen molar-refractivity contribution >= 4 is 39.8 Å². The number of carbonyl (C=O) groups excluding carboxylic acids is 1. The molecule has 2 aromatic rings. The number of halogens is 1. The largest absolute Gasteiger partial charge is 0.373 e. The van der Waals surface area contributed by atoms with Crippen molar-refractivity contribution in [1.29, 1.82) is 0 Å². The number of aromatic nitrogens is 2. The van der Waals surface area contributed by atoms with E-state index in [0.29, 0.717) is 16.5 Å². The summed E-state index contributed by atoms with van der Waals surface area (Å²) in [5.41, 5.74) is 1.36. The van der Waals surface area contributed by atoms with Gasteiger partial charge in [0.15, 0.2) is 5.13 Å². The van der Waals surface area contributed by atoms with Crippen molar-refractivity contribution in [2.45, 2.75) is 13.8 Å². The Labute approximate surface area is 120 Å². The van der Waals surface area contributed by atoms with Crippen molar-refractivity contribution in [2.75, 3.05) is 17.7 Å². The number of hydrogen-bond donors (Lipinski definition) is 2. The Bertz CT molecular complexity index is 607. The molecule has 0 atom stereocenters. The van der Waals surface area contributed by atoms with Crippen molar-refractivity contribution in [3.8, 4) is 0 Å². The van der Waals surface area contributed by atoms with Gasteiger partial charge in [0.05, 0.1) is 5.69 Å². The highest BCUT2D eigenvalue weighted by Gasteiger charge is 2.12. The molecular formula is C12H13ClN4OS. The van der Waals surface area contributed by atoms with E-state index >= 15 is 0 Å². The van der Waals surface area contributed by atoms with Gasteiger partial charge in [-0.15, -0.1) is 11.3 Å². The average molecular weight is 297 g/mol. The number of hydrogen-bond acceptors (Lipinski definition) is 5. The van der Waals surface area contributed by atoms with Gasteiger partial charge < -0.3 is 5.32 Å². The number of rotatable bonds is 3. The molecule has 1 amide bonds. The van der Waals surface area contributed by atoms with Gasteiger partial charge >= 0.3 is 0 Å². The summed E-state index contributed by atoms with van der Waals surface area (Å²) >= 11 is 7.31. The minimum atomic E-state index is -0.255. The Morgan fingerprint density at radius 3 is 2.63 bits per heavy atom. The van der Waals surface area contributed by atoms with E-state index in [9.17, 15) is 4.79 Å². The Morgan fingerprint density at radius 2 is 2.05 bits per heavy atom. The summed E-state index contributed by atoms with van der Waals surface area (Å²) in [4.78, 5) is 21.5. The van der Waals surface area contributed by atoms with E-state index in [2.05, 4.69) is 20.6 Å². The third kappa shape index (κ3) is 3.21. The fourth-order valence-corrected chi connectivity index (χ4v) is 2.47. The molecule has 7 heteroatoms. The van der Waals surface area contributed by atoms with Crippen molar-refractivity contribution in [3.63, 3.8) is 0 Å². The molecule has 0 aromatic carbocycles. The van der Waals surface area contributed by atoms with E-state index in [0.717, 1.165) is 10.6 Å². The van der Waals surface area contributed by atoms with Crippen LogP contribution in [-0.4, -0.2) is 22.9 Å². The minimum absolute atomic E-state index is 0.255. The van der Waals surface area contributed by atoms with Gasteiger partial charge in [-0.05, 0) is 26.0 Å². The Hall–Kier alpha value is -1.66. The van der Waals surface area contributed by atoms with E-state index in [1.165, 1.54) is 17.4 Å². The molecular weight excluding hydrogens is 284 g/mol. The first-order chi connectivity index (χ1) is 8.99. The number of nitrogens with zero attached hydrogens (tertiary/aromatic N) is 2. The molecule has 0 spiro atoms. The zero-order chi connectivity index (χ0) is 14.0. The molecule has 0 aliphatic carbocycles. The number of nitrogens with one attached hydrogen (secondary N) is 2. The molecule has 2 heterocycles. The molecule has 0 radical (unpaired) electrons. The number of aryl methyl sites for hydroxylation is 2. The monoisotopic (exact) mass is 296 g/mol. The van der Waals surface area contributed by atoms with E-state index in [1.807, 2.05) is 13.8 Å². The van der Waals surface area contributed by atoms with Gasteiger partial charge in [0.1, 0.15) is 11.0 Å². The van der Waals surface area contributed by atoms with Gasteiger partial charge in [0.25, 0.3) is 5.91 Å². The predicted molar refractivity (Wildman–Crippen MR) is 78.3 cm³/mol. The Balaban J connectivity index is 2.22. The molecule has 0 aliphatic rings. The van der Waals surface area contributed by atoms with E-state index < -0.39 is 0 Å². The SMILES string of the molecule is CNc1cc(C(=O)Nc2nc(C)c(C)s2)cc(Cl)n1. The van der Waals surface area contributed by atoms with E-state index in [1.54, 1.807) is 13.1 Å². The van der Waals surface area contributed by atoms with Crippen molar-refractivity contribution < 1.29 is 4.79 Å². The van der Waals surface area contributed by atoms with Gasteiger partial charge in [0.2, 0.25) is 0 Å². The van der Waals surface area contributed by atoms with Crippen LogP contribution >= 0.6 is 22.9 Å². The van der Waals surface area contributed by atoms with Crippen LogP contribution in [0.4, 0.5) is 10.9 Å². The smallest absolute Gasteiger partial charge is 0.257 e. The van der Waals surface area contributed by atoms with Crippen LogP contribution in [-0.2, 0) is 0 Å². The fourth-order valence-electron chi connectivity index (χ4n) is 1.45. The third-order valence-electron chi connectivity index (χ3n) is 2.56. The van der Waals surface area contributed by atoms with Crippen LogP contribution in [0.15, 0.2) is 12.1 Å². The van der Waals surface area contributed by atoms with Crippen LogP contribution in [0.3, 0.4) is 0 Å². The molecule has 0 bridgehead atoms. The zero-order valence-corrected chi connectivity index (χ0v) is 12.3. The molecule has 19 heavy (non-hydrogen) atoms. The van der Waals surface area contributed by atoms with Gasteiger partial charge in [-0.2, -0.15) is 0 Å². The summed E-state index contributed by atoms with van der Waals surface area (Å²) in [6, 6.07) is 3.15. The van der Waals surface area contributed by atoms with Crippen LogP contribution in [0.25, 0.3) is 0 Å². The van der Waals surface area contributed by atoms with E-state index in [-0.39, 0.29) is 11.1 Å². The fraction of sp³-hybridized carbons (Fsp3) is 0.250. The molecule has 0 unspecified atom stereocenters. The summed E-state index contributed by atoms with van der Waals surface area (Å²) in [5, 5.41) is 6.45. The maximum absolute atomic E-state index is 12.1. The molecule has 2 N–H and O–H groups in total. The van der Waals surface area contributed by atoms with Crippen LogP contribution in [0.1, 0.15) is 20.9 Å². The molecule has 0 aliphatic heterocycles. The van der Waals surface area contributed by atoms with Gasteiger partial charge in [-0.3, -0.25) is 10.1 Å². The second-order valence-corrected chi connectivity index (χ2v) is 5.52. The number of thiazole rings is 1. The first-order valence-electron chi connectivity index (χ1n) is 5.60. The first kappa shape index (κ1) is 13.8. The standard InChI is InChI=1S/C12H13ClN4OS/c1-6-7(2)19-12(15-6)17-11(18)8-4-9(13)16-10(5-8)14-3/h4-5H,1-3H3,(H,14,16)(H,15,17,18). The lowest BCUT2D eigenvalue weighted by Gasteiger charge is -2.05. The maximum Gasteiger partial charge on any atom is 0.257 e. The highest BCUT2D eigenvalue weighted by atomic mass is 35.5. The normalized spacial score (nSPS) is 10.3. The van der Waals surface area contributed by atoms with Crippen LogP contribution in [0, 0.1) is 13.8 Å². The highest BCUT2D eigenvalue weighted by Crippen LogP contribution is 2.22. The predicted octanol–water partition coefficient (Wildman–Crippen LogP) is 3.10. The molecule has 0 saturated heterocycles. The quantitative estimate of drug-likeness (QED) is 0.854. The number of anilines is 2. The van der Waals surface area contributed by atoms with Crippen LogP contribution in [0.2, 0.25) is 5.15 Å². The lowest BCUT2D eigenvalue weighted by Crippen LogP contribution is -2.12. The van der Waals surface area contributed by atoms with Crippen molar-refractivity contribution in [3.05, 3.63) is 33.4 Å². The van der Waals surface area contributed by atoms with Crippen molar-refractivity contribution in [1.82, 2.24) is 9.97 Å². The number of carbonyl (C=O) groups is 1. The lowest BCUT2D eigenvalue weighted by atomic mass is 10.2. The molecule has 0 fully saturated rings. The second-order valence-electron chi connectivity index (χ2n) is 3.93. The summed E-state index contributed by atoms with van der Waals surface area (Å²) in [6.45, 7) is 3.87. The van der Waals surface area contributed by atoms with Crippen molar-refractivity contribution in [2.24, 2.45) is 0 Å². The van der Waals surface area contributed by atoms with Gasteiger partial charge in [0, 0.05) is 17.5 Å². The maximum atomic E-state index is 12.1. The molecule has 5 nitrogen and oxygen atoms in total. The topological polar surface area (TPSA) is 66.9 Å². The molecule has 0 saturated carbocycles. The van der Waals surface area contributed by atoms with Crippen LogP contribution < -0.4 is 10.6 Å². The van der Waals surface area contributed by atoms with Gasteiger partial charge in [-0.1, -0.05) is 11.6 Å². The summed E-state index contributed by atoms with van der Waals surface area (Å²) in [7, 11) is 1.72. The Kier molecular flexibility index (Phi) is 4.01. The summed E-state index contributed by atoms with van der Waals surface area (Å²) in [6.07, 6.45) is 0. The number of amides is 1. The third-order valence-corrected chi connectivity index (χ3v) is 3.74. The summed E-state index contributed by atoms with van der Waals surface area (Å²) < 4.78 is 0. The molecule has 2 aromatic heterocycles. The van der Waals surface area contributed by atoms with E-state index in [4.69, 9.17) is 11.6 Å². The second kappa shape index (κ2) is 5.54.